The topological polar surface area (TPSA) is 244 Å². The molecule has 3 aromatic rings. The van der Waals surface area contributed by atoms with E-state index in [9.17, 15) is 24.0 Å². The molecule has 4 saturated carbocycles. The highest BCUT2D eigenvalue weighted by atomic mass is 35.5. The number of amides is 3. The number of nitrogens with one attached hydrogen (secondary N) is 4. The molecule has 0 bridgehead atoms. The maximum atomic E-state index is 13.0. The molecule has 0 spiro atoms. The number of nitrogens with zero attached hydrogens (tertiary/aromatic N) is 5. The van der Waals surface area contributed by atoms with Crippen molar-refractivity contribution in [2.24, 2.45) is 52.6 Å². The van der Waals surface area contributed by atoms with E-state index in [0.29, 0.717) is 160 Å². The fraction of sp³-hybridized carbons (Fsp3) is 0.673. The van der Waals surface area contributed by atoms with E-state index in [1.54, 1.807) is 25.2 Å². The van der Waals surface area contributed by atoms with Crippen molar-refractivity contribution >= 4 is 69.2 Å². The van der Waals surface area contributed by atoms with Crippen molar-refractivity contribution in [2.45, 2.75) is 84.5 Å². The number of carbonyl (C=O) groups excluding carboxylic acids is 4. The molecular weight excluding hydrogens is 1010 g/mol. The van der Waals surface area contributed by atoms with Crippen LogP contribution >= 0.6 is 11.6 Å². The largest absolute Gasteiger partial charge is 0.494 e. The first-order chi connectivity index (χ1) is 37.2. The summed E-state index contributed by atoms with van der Waals surface area (Å²) in [5.74, 6) is 3.46. The van der Waals surface area contributed by atoms with E-state index in [2.05, 4.69) is 45.3 Å². The number of oxime groups is 1. The van der Waals surface area contributed by atoms with E-state index in [0.717, 1.165) is 44.2 Å². The molecule has 4 aliphatic carbocycles. The van der Waals surface area contributed by atoms with Crippen LogP contribution in [0.1, 0.15) is 84.5 Å². The maximum absolute atomic E-state index is 13.0. The van der Waals surface area contributed by atoms with Gasteiger partial charge >= 0.3 is 0 Å². The number of pyridine rings is 1. The highest BCUT2D eigenvalue weighted by Crippen LogP contribution is 2.65. The summed E-state index contributed by atoms with van der Waals surface area (Å²) in [6.45, 7) is 9.41. The van der Waals surface area contributed by atoms with Crippen LogP contribution in [0.15, 0.2) is 34.3 Å². The van der Waals surface area contributed by atoms with Crippen LogP contribution in [0.2, 0.25) is 5.02 Å². The molecule has 0 unspecified atom stereocenters. The maximum Gasteiger partial charge on any atom is 0.293 e. The Hall–Kier alpha value is -5.61. The summed E-state index contributed by atoms with van der Waals surface area (Å²) in [7, 11) is 4.59. The van der Waals surface area contributed by atoms with Gasteiger partial charge < -0.3 is 64.0 Å². The third kappa shape index (κ3) is 14.0. The van der Waals surface area contributed by atoms with Gasteiger partial charge in [0.1, 0.15) is 16.6 Å². The van der Waals surface area contributed by atoms with Crippen molar-refractivity contribution in [3.05, 3.63) is 39.8 Å². The van der Waals surface area contributed by atoms with Crippen molar-refractivity contribution in [2.75, 3.05) is 117 Å². The third-order valence-electron chi connectivity index (χ3n) is 17.1. The average Bonchev–Trinajstić information content (AvgIpc) is 3.77. The molecule has 22 heteroatoms. The molecule has 8 rings (SSSR count). The summed E-state index contributed by atoms with van der Waals surface area (Å²) in [4.78, 5) is 79.3. The van der Waals surface area contributed by atoms with Gasteiger partial charge in [-0.2, -0.15) is 4.98 Å². The highest BCUT2D eigenvalue weighted by molar-refractivity contribution is 6.33. The number of likely N-dealkylation sites (N-methyl/N-ethyl adjacent to an activating group) is 1. The Morgan fingerprint density at radius 2 is 1.51 bits per heavy atom. The van der Waals surface area contributed by atoms with Gasteiger partial charge in [0.2, 0.25) is 11.9 Å². The standard InChI is InChI=1S/C55H78ClN9O12/c1-54-14-10-39(66)30-37(54)6-7-40-41-8-9-46(55(41,2)15-11-42(40)54)63-77-34-48(68)58-16-20-72-22-24-74-26-27-75-25-23-73-21-17-59-51(69)35-12-18-65(19-13-35)53-60-32-43(56)50(62-53)61-38-28-36-29-45(76-33-47(67)57-3)52(70)64(4)49(36)44(31-38)71-5/h28-29,31-32,35,37,40-42H,6-27,30,33-34H2,1-5H3,(H,57,67)(H,58,68)(H,59,69)(H,60,61,62)/b63-46+/t37-,40-,41-,42-,54-,55-/m0/s1. The van der Waals surface area contributed by atoms with E-state index >= 15 is 0 Å². The van der Waals surface area contributed by atoms with Crippen LogP contribution in [0.3, 0.4) is 0 Å². The summed E-state index contributed by atoms with van der Waals surface area (Å²) < 4.78 is 35.0. The van der Waals surface area contributed by atoms with Gasteiger partial charge in [0.25, 0.3) is 17.4 Å². The number of aromatic nitrogens is 3. The van der Waals surface area contributed by atoms with E-state index in [1.807, 2.05) is 4.90 Å². The van der Waals surface area contributed by atoms with Crippen molar-refractivity contribution in [1.82, 2.24) is 30.5 Å². The number of benzene rings is 1. The Labute approximate surface area is 455 Å². The summed E-state index contributed by atoms with van der Waals surface area (Å²) in [5, 5.41) is 17.0. The molecule has 3 heterocycles. The Bertz CT molecular complexity index is 2650. The lowest BCUT2D eigenvalue weighted by atomic mass is 9.45. The molecule has 422 valence electrons. The Morgan fingerprint density at radius 1 is 0.805 bits per heavy atom. The zero-order valence-electron chi connectivity index (χ0n) is 45.4. The molecule has 1 aromatic carbocycles. The quantitative estimate of drug-likeness (QED) is 0.0584. The minimum Gasteiger partial charge on any atom is -0.494 e. The lowest BCUT2D eigenvalue weighted by Crippen LogP contribution is -2.53. The second kappa shape index (κ2) is 26.8. The Morgan fingerprint density at radius 3 is 2.21 bits per heavy atom. The average molecular weight is 1090 g/mol. The van der Waals surface area contributed by atoms with Gasteiger partial charge in [-0.3, -0.25) is 24.0 Å². The highest BCUT2D eigenvalue weighted by Gasteiger charge is 2.59. The number of hydrogen-bond donors (Lipinski definition) is 4. The first-order valence-electron chi connectivity index (χ1n) is 27.4. The predicted octanol–water partition coefficient (Wildman–Crippen LogP) is 5.36. The lowest BCUT2D eigenvalue weighted by Gasteiger charge is -2.59. The fourth-order valence-electron chi connectivity index (χ4n) is 12.8. The normalized spacial score (nSPS) is 24.7. The minimum absolute atomic E-state index is 0.0126. The number of ether oxygens (including phenoxy) is 6. The summed E-state index contributed by atoms with van der Waals surface area (Å²) >= 11 is 6.55. The zero-order valence-corrected chi connectivity index (χ0v) is 46.1. The first-order valence-corrected chi connectivity index (χ1v) is 27.8. The number of methoxy groups -OCH3 is 1. The smallest absolute Gasteiger partial charge is 0.293 e. The van der Waals surface area contributed by atoms with E-state index in [4.69, 9.17) is 49.8 Å². The van der Waals surface area contributed by atoms with Crippen LogP contribution in [-0.4, -0.2) is 150 Å². The van der Waals surface area contributed by atoms with Crippen LogP contribution in [0, 0.1) is 40.4 Å². The molecule has 5 fully saturated rings. The van der Waals surface area contributed by atoms with Crippen molar-refractivity contribution in [1.29, 1.82) is 0 Å². The third-order valence-corrected chi connectivity index (χ3v) is 17.3. The predicted molar refractivity (Wildman–Crippen MR) is 290 cm³/mol. The summed E-state index contributed by atoms with van der Waals surface area (Å²) in [5.41, 5.74) is 2.12. The number of ketones is 1. The fourth-order valence-corrected chi connectivity index (χ4v) is 12.9. The number of piperidine rings is 1. The first kappa shape index (κ1) is 57.6. The molecule has 4 N–H and O–H groups in total. The number of rotatable bonds is 26. The molecule has 6 atom stereocenters. The second-order valence-corrected chi connectivity index (χ2v) is 21.9. The molecule has 21 nitrogen and oxygen atoms in total. The van der Waals surface area contributed by atoms with Gasteiger partial charge in [0, 0.05) is 81.6 Å². The molecule has 3 amide bonds. The monoisotopic (exact) mass is 1090 g/mol. The van der Waals surface area contributed by atoms with Crippen LogP contribution in [-0.2, 0) is 50.0 Å². The number of fused-ring (bicyclic) bond motifs is 6. The van der Waals surface area contributed by atoms with Crippen LogP contribution < -0.4 is 41.2 Å². The number of aryl methyl sites for hydroxylation is 1. The Balaban J connectivity index is 0.626. The molecule has 2 aromatic heterocycles. The van der Waals surface area contributed by atoms with Gasteiger partial charge in [-0.05, 0) is 99.0 Å². The molecular formula is C55H78ClN9O12. The zero-order chi connectivity index (χ0) is 54.5. The van der Waals surface area contributed by atoms with Crippen molar-refractivity contribution in [3.8, 4) is 11.5 Å². The summed E-state index contributed by atoms with van der Waals surface area (Å²) in [6.07, 6.45) is 12.1. The van der Waals surface area contributed by atoms with Gasteiger partial charge in [-0.15, -0.1) is 0 Å². The van der Waals surface area contributed by atoms with Crippen LogP contribution in [0.5, 0.6) is 11.5 Å². The number of anilines is 3. The van der Waals surface area contributed by atoms with E-state index in [1.165, 1.54) is 44.2 Å². The lowest BCUT2D eigenvalue weighted by molar-refractivity contribution is -0.136. The number of hydrogen-bond acceptors (Lipinski definition) is 17. The van der Waals surface area contributed by atoms with Crippen LogP contribution in [0.4, 0.5) is 17.5 Å². The summed E-state index contributed by atoms with van der Waals surface area (Å²) in [6, 6.07) is 5.09. The minimum atomic E-state index is -0.418. The molecule has 77 heavy (non-hydrogen) atoms. The number of halogens is 1. The van der Waals surface area contributed by atoms with E-state index in [-0.39, 0.29) is 53.4 Å². The second-order valence-electron chi connectivity index (χ2n) is 21.5. The van der Waals surface area contributed by atoms with E-state index < -0.39 is 5.56 Å². The number of Topliss-reactive ketones (excluding diaryl/α,β-unsaturated/α-hetero) is 1. The molecule has 0 radical (unpaired) electrons. The van der Waals surface area contributed by atoms with Gasteiger partial charge in [0.15, 0.2) is 24.8 Å². The molecule has 5 aliphatic rings. The van der Waals surface area contributed by atoms with Gasteiger partial charge in [-0.25, -0.2) is 4.98 Å². The van der Waals surface area contributed by atoms with Gasteiger partial charge in [0.05, 0.1) is 77.4 Å². The SMILES string of the molecule is CNC(=O)COc1cc2cc(Nc3nc(N4CCC(C(=O)NCCOCCOCCOCCOCCNC(=O)CO/N=C5\CC[C@H]6[C@@H]7CC[C@H]8CC(=O)CC[C@]8(C)[C@H]7CC[C@]56C)CC4)ncc3Cl)cc(OC)c2n(C)c1=O. The molecule has 1 aliphatic heterocycles. The van der Waals surface area contributed by atoms with Crippen molar-refractivity contribution in [3.63, 3.8) is 0 Å². The Kier molecular flexibility index (Phi) is 20.1. The van der Waals surface area contributed by atoms with Crippen molar-refractivity contribution < 1.29 is 52.4 Å². The number of carbonyl (C=O) groups is 4. The molecule has 1 saturated heterocycles. The van der Waals surface area contributed by atoms with Crippen LogP contribution in [0.25, 0.3) is 10.9 Å². The van der Waals surface area contributed by atoms with Gasteiger partial charge in [-0.1, -0.05) is 30.6 Å².